The molecule has 1 aliphatic rings. The molecule has 1 rings (SSSR count). The normalized spacial score (nSPS) is 31.7. The lowest BCUT2D eigenvalue weighted by atomic mass is 9.87. The molecule has 1 fully saturated rings. The highest BCUT2D eigenvalue weighted by Gasteiger charge is 2.24. The Morgan fingerprint density at radius 2 is 1.91 bits per heavy atom. The van der Waals surface area contributed by atoms with Gasteiger partial charge in [-0.1, -0.05) is 0 Å². The first-order valence-corrected chi connectivity index (χ1v) is 4.91. The molecule has 3 nitrogen and oxygen atoms in total. The minimum atomic E-state index is -0.628. The summed E-state index contributed by atoms with van der Waals surface area (Å²) in [5.41, 5.74) is 0. The number of carboxylic acid groups (broad SMARTS) is 1. The van der Waals surface area contributed by atoms with E-state index in [9.17, 15) is 4.79 Å². The third-order valence-corrected chi connectivity index (χ3v) is 3.11. The van der Waals surface area contributed by atoms with Crippen LogP contribution in [0.3, 0.4) is 0 Å². The summed E-state index contributed by atoms with van der Waals surface area (Å²) in [6.07, 6.45) is 3.66. The second kappa shape index (κ2) is 4.25. The van der Waals surface area contributed by atoms with Gasteiger partial charge in [0.1, 0.15) is 0 Å². The SMILES string of the molecule is O=C(O)[C@H]1CC[C@@H](NI)CC1. The topological polar surface area (TPSA) is 49.3 Å². The van der Waals surface area contributed by atoms with Gasteiger partial charge in [-0.3, -0.25) is 8.32 Å². The molecular weight excluding hydrogens is 257 g/mol. The third-order valence-electron chi connectivity index (χ3n) is 2.23. The van der Waals surface area contributed by atoms with Crippen molar-refractivity contribution in [3.63, 3.8) is 0 Å². The van der Waals surface area contributed by atoms with E-state index in [0.29, 0.717) is 6.04 Å². The maximum atomic E-state index is 10.5. The Bertz CT molecular complexity index is 143. The highest BCUT2D eigenvalue weighted by Crippen LogP contribution is 2.24. The second-order valence-electron chi connectivity index (χ2n) is 3.00. The summed E-state index contributed by atoms with van der Waals surface area (Å²) in [5.74, 6) is -0.715. The van der Waals surface area contributed by atoms with Crippen LogP contribution in [0.4, 0.5) is 0 Å². The molecule has 0 bridgehead atoms. The summed E-state index contributed by atoms with van der Waals surface area (Å²) in [5, 5.41) is 8.67. The van der Waals surface area contributed by atoms with Gasteiger partial charge >= 0.3 is 5.97 Å². The molecule has 1 aliphatic carbocycles. The molecule has 4 heteroatoms. The Morgan fingerprint density at radius 1 is 1.36 bits per heavy atom. The van der Waals surface area contributed by atoms with Gasteiger partial charge in [-0.15, -0.1) is 0 Å². The van der Waals surface area contributed by atoms with E-state index in [0.717, 1.165) is 25.7 Å². The van der Waals surface area contributed by atoms with E-state index >= 15 is 0 Å². The highest BCUT2D eigenvalue weighted by molar-refractivity contribution is 14.1. The zero-order chi connectivity index (χ0) is 8.27. The van der Waals surface area contributed by atoms with Crippen molar-refractivity contribution in [2.75, 3.05) is 0 Å². The fourth-order valence-electron chi connectivity index (χ4n) is 1.45. The molecule has 0 aromatic carbocycles. The summed E-state index contributed by atoms with van der Waals surface area (Å²) < 4.78 is 3.14. The van der Waals surface area contributed by atoms with Gasteiger partial charge in [0.25, 0.3) is 0 Å². The number of hydrogen-bond donors (Lipinski definition) is 2. The van der Waals surface area contributed by atoms with Crippen molar-refractivity contribution in [3.05, 3.63) is 0 Å². The molecule has 0 aromatic rings. The Morgan fingerprint density at radius 3 is 2.27 bits per heavy atom. The minimum absolute atomic E-state index is 0.0870. The monoisotopic (exact) mass is 269 g/mol. The zero-order valence-electron chi connectivity index (χ0n) is 6.22. The largest absolute Gasteiger partial charge is 0.481 e. The molecule has 11 heavy (non-hydrogen) atoms. The van der Waals surface area contributed by atoms with E-state index in [1.807, 2.05) is 0 Å². The first kappa shape index (κ1) is 9.25. The van der Waals surface area contributed by atoms with Crippen LogP contribution in [0.15, 0.2) is 0 Å². The molecule has 0 atom stereocenters. The number of carboxylic acids is 1. The number of rotatable bonds is 2. The van der Waals surface area contributed by atoms with E-state index in [1.165, 1.54) is 0 Å². The average molecular weight is 269 g/mol. The van der Waals surface area contributed by atoms with Crippen LogP contribution in [-0.2, 0) is 4.79 Å². The van der Waals surface area contributed by atoms with Crippen molar-refractivity contribution in [2.45, 2.75) is 31.7 Å². The Hall–Kier alpha value is 0.160. The summed E-state index contributed by atoms with van der Waals surface area (Å²) in [4.78, 5) is 10.5. The van der Waals surface area contributed by atoms with Gasteiger partial charge < -0.3 is 5.11 Å². The molecule has 0 amide bonds. The number of hydrogen-bond acceptors (Lipinski definition) is 2. The Kier molecular flexibility index (Phi) is 3.58. The molecule has 2 N–H and O–H groups in total. The van der Waals surface area contributed by atoms with Crippen LogP contribution >= 0.6 is 22.9 Å². The van der Waals surface area contributed by atoms with Crippen LogP contribution in [-0.4, -0.2) is 17.1 Å². The summed E-state index contributed by atoms with van der Waals surface area (Å²) in [6.45, 7) is 0. The fraction of sp³-hybridized carbons (Fsp3) is 0.857. The van der Waals surface area contributed by atoms with Crippen LogP contribution in [0.5, 0.6) is 0 Å². The van der Waals surface area contributed by atoms with E-state index < -0.39 is 5.97 Å². The predicted molar refractivity (Wildman–Crippen MR) is 50.5 cm³/mol. The van der Waals surface area contributed by atoms with Gasteiger partial charge in [0.15, 0.2) is 0 Å². The first-order chi connectivity index (χ1) is 5.24. The predicted octanol–water partition coefficient (Wildman–Crippen LogP) is 1.57. The number of aliphatic carboxylic acids is 1. The number of carbonyl (C=O) groups is 1. The van der Waals surface area contributed by atoms with Crippen molar-refractivity contribution in [3.8, 4) is 0 Å². The molecule has 0 unspecified atom stereocenters. The Balaban J connectivity index is 2.30. The lowest BCUT2D eigenvalue weighted by Gasteiger charge is -2.24. The van der Waals surface area contributed by atoms with E-state index in [2.05, 4.69) is 26.4 Å². The van der Waals surface area contributed by atoms with Crippen LogP contribution in [0.2, 0.25) is 0 Å². The standard InChI is InChI=1S/C7H12INO2/c8-9-6-3-1-5(2-4-6)7(10)11/h5-6,9H,1-4H2,(H,10,11)/t5-,6+. The highest BCUT2D eigenvalue weighted by atomic mass is 127. The minimum Gasteiger partial charge on any atom is -0.481 e. The van der Waals surface area contributed by atoms with E-state index in [1.54, 1.807) is 0 Å². The molecule has 0 aromatic heterocycles. The molecule has 1 saturated carbocycles. The first-order valence-electron chi connectivity index (χ1n) is 3.83. The number of nitrogens with one attached hydrogen (secondary N) is 1. The van der Waals surface area contributed by atoms with Crippen molar-refractivity contribution in [1.82, 2.24) is 3.53 Å². The van der Waals surface area contributed by atoms with Gasteiger partial charge in [0.05, 0.1) is 5.92 Å². The van der Waals surface area contributed by atoms with Gasteiger partial charge in [0.2, 0.25) is 0 Å². The van der Waals surface area contributed by atoms with Crippen molar-refractivity contribution in [1.29, 1.82) is 0 Å². The molecule has 0 saturated heterocycles. The smallest absolute Gasteiger partial charge is 0.306 e. The molecule has 0 spiro atoms. The van der Waals surface area contributed by atoms with Crippen molar-refractivity contribution < 1.29 is 9.90 Å². The molecule has 0 aliphatic heterocycles. The van der Waals surface area contributed by atoms with Crippen LogP contribution in [0, 0.1) is 5.92 Å². The van der Waals surface area contributed by atoms with Gasteiger partial charge in [0, 0.05) is 28.9 Å². The number of halogens is 1. The summed E-state index contributed by atoms with van der Waals surface area (Å²) in [7, 11) is 0. The van der Waals surface area contributed by atoms with Crippen LogP contribution in [0.1, 0.15) is 25.7 Å². The van der Waals surface area contributed by atoms with E-state index in [4.69, 9.17) is 5.11 Å². The summed E-state index contributed by atoms with van der Waals surface area (Å²) in [6, 6.07) is 0.534. The zero-order valence-corrected chi connectivity index (χ0v) is 8.37. The average Bonchev–Trinajstić information content (AvgIpc) is 2.05. The van der Waals surface area contributed by atoms with E-state index in [-0.39, 0.29) is 5.92 Å². The second-order valence-corrected chi connectivity index (χ2v) is 3.62. The maximum absolute atomic E-state index is 10.5. The van der Waals surface area contributed by atoms with Gasteiger partial charge in [-0.2, -0.15) is 0 Å². The molecule has 0 heterocycles. The molecular formula is C7H12INO2. The van der Waals surface area contributed by atoms with Crippen molar-refractivity contribution in [2.24, 2.45) is 5.92 Å². The van der Waals surface area contributed by atoms with Crippen LogP contribution in [0.25, 0.3) is 0 Å². The van der Waals surface area contributed by atoms with Crippen LogP contribution < -0.4 is 3.53 Å². The van der Waals surface area contributed by atoms with Gasteiger partial charge in [-0.05, 0) is 25.7 Å². The fourth-order valence-corrected chi connectivity index (χ4v) is 2.07. The quantitative estimate of drug-likeness (QED) is 0.591. The third kappa shape index (κ3) is 2.59. The Labute approximate surface area is 80.0 Å². The maximum Gasteiger partial charge on any atom is 0.306 e. The molecule has 64 valence electrons. The van der Waals surface area contributed by atoms with Gasteiger partial charge in [-0.25, -0.2) is 0 Å². The summed E-state index contributed by atoms with van der Waals surface area (Å²) >= 11 is 2.13. The molecule has 0 radical (unpaired) electrons. The lowest BCUT2D eigenvalue weighted by molar-refractivity contribution is -0.142. The lowest BCUT2D eigenvalue weighted by Crippen LogP contribution is -2.29. The van der Waals surface area contributed by atoms with Crippen molar-refractivity contribution >= 4 is 28.8 Å².